The Kier molecular flexibility index (Phi) is 4.73. The van der Waals surface area contributed by atoms with Crippen LogP contribution in [0.1, 0.15) is 54.2 Å². The summed E-state index contributed by atoms with van der Waals surface area (Å²) in [7, 11) is 0. The highest BCUT2D eigenvalue weighted by Crippen LogP contribution is 2.14. The van der Waals surface area contributed by atoms with E-state index < -0.39 is 0 Å². The highest BCUT2D eigenvalue weighted by atomic mass is 16.2. The predicted octanol–water partition coefficient (Wildman–Crippen LogP) is 0.278. The lowest BCUT2D eigenvalue weighted by Crippen LogP contribution is -2.34. The van der Waals surface area contributed by atoms with Crippen molar-refractivity contribution in [2.75, 3.05) is 6.54 Å². The number of piperidine rings is 1. The SMILES string of the molecule is O=C(NCc1nnc2n1CCC2)c1cn(CC[C@H]2CCCCN2)nn1. The van der Waals surface area contributed by atoms with Gasteiger partial charge < -0.3 is 15.2 Å². The van der Waals surface area contributed by atoms with Crippen LogP contribution in [-0.4, -0.2) is 48.3 Å². The minimum atomic E-state index is -0.225. The van der Waals surface area contributed by atoms with Crippen LogP contribution >= 0.6 is 0 Å². The molecule has 25 heavy (non-hydrogen) atoms. The molecule has 4 rings (SSSR count). The van der Waals surface area contributed by atoms with Crippen LogP contribution in [-0.2, 0) is 26.1 Å². The van der Waals surface area contributed by atoms with Crippen molar-refractivity contribution in [3.8, 4) is 0 Å². The van der Waals surface area contributed by atoms with E-state index in [1.54, 1.807) is 10.9 Å². The van der Waals surface area contributed by atoms with Crippen LogP contribution in [0.4, 0.5) is 0 Å². The van der Waals surface area contributed by atoms with Gasteiger partial charge in [0.2, 0.25) is 0 Å². The second kappa shape index (κ2) is 7.30. The molecule has 1 amide bonds. The van der Waals surface area contributed by atoms with E-state index in [-0.39, 0.29) is 5.91 Å². The molecule has 0 saturated carbocycles. The van der Waals surface area contributed by atoms with Crippen LogP contribution in [0.5, 0.6) is 0 Å². The molecule has 9 nitrogen and oxygen atoms in total. The van der Waals surface area contributed by atoms with Crippen molar-refractivity contribution in [1.82, 2.24) is 40.4 Å². The molecular formula is C16H24N8O. The molecule has 0 radical (unpaired) electrons. The quantitative estimate of drug-likeness (QED) is 0.780. The summed E-state index contributed by atoms with van der Waals surface area (Å²) in [5, 5.41) is 22.7. The summed E-state index contributed by atoms with van der Waals surface area (Å²) >= 11 is 0. The number of carbonyl (C=O) groups excluding carboxylic acids is 1. The van der Waals surface area contributed by atoms with Gasteiger partial charge in [0.05, 0.1) is 12.7 Å². The molecule has 4 heterocycles. The van der Waals surface area contributed by atoms with E-state index >= 15 is 0 Å². The van der Waals surface area contributed by atoms with E-state index in [0.717, 1.165) is 50.5 Å². The standard InChI is InChI=1S/C16H24N8O/c25-16(18-10-15-21-20-14-5-3-8-24(14)15)13-11-23(22-19-13)9-6-12-4-1-2-7-17-12/h11-12,17H,1-10H2,(H,18,25)/t12-/m1/s1. The van der Waals surface area contributed by atoms with Gasteiger partial charge in [-0.05, 0) is 32.2 Å². The van der Waals surface area contributed by atoms with Gasteiger partial charge in [0, 0.05) is 25.6 Å². The van der Waals surface area contributed by atoms with Crippen molar-refractivity contribution in [3.63, 3.8) is 0 Å². The summed E-state index contributed by atoms with van der Waals surface area (Å²) in [6.45, 7) is 3.17. The Morgan fingerprint density at radius 3 is 3.12 bits per heavy atom. The van der Waals surface area contributed by atoms with Gasteiger partial charge in [0.15, 0.2) is 11.5 Å². The fourth-order valence-corrected chi connectivity index (χ4v) is 3.56. The van der Waals surface area contributed by atoms with Crippen LogP contribution in [0.2, 0.25) is 0 Å². The third kappa shape index (κ3) is 3.71. The molecule has 9 heteroatoms. The summed E-state index contributed by atoms with van der Waals surface area (Å²) < 4.78 is 3.83. The molecule has 2 N–H and O–H groups in total. The molecule has 0 unspecified atom stereocenters. The van der Waals surface area contributed by atoms with Gasteiger partial charge in [-0.3, -0.25) is 9.48 Å². The second-order valence-electron chi connectivity index (χ2n) is 6.77. The Morgan fingerprint density at radius 2 is 2.24 bits per heavy atom. The molecular weight excluding hydrogens is 320 g/mol. The summed E-state index contributed by atoms with van der Waals surface area (Å²) in [5.41, 5.74) is 0.345. The van der Waals surface area contributed by atoms with E-state index in [1.165, 1.54) is 19.3 Å². The molecule has 2 aromatic rings. The predicted molar refractivity (Wildman–Crippen MR) is 89.8 cm³/mol. The van der Waals surface area contributed by atoms with E-state index in [2.05, 4.69) is 35.7 Å². The molecule has 2 aliphatic heterocycles. The minimum Gasteiger partial charge on any atom is -0.343 e. The highest BCUT2D eigenvalue weighted by Gasteiger charge is 2.19. The van der Waals surface area contributed by atoms with Crippen LogP contribution in [0.15, 0.2) is 6.20 Å². The Bertz CT molecular complexity index is 730. The number of nitrogens with zero attached hydrogens (tertiary/aromatic N) is 6. The zero-order valence-corrected chi connectivity index (χ0v) is 14.3. The summed E-state index contributed by atoms with van der Waals surface area (Å²) in [6, 6.07) is 0.547. The lowest BCUT2D eigenvalue weighted by molar-refractivity contribution is 0.0944. The lowest BCUT2D eigenvalue weighted by Gasteiger charge is -2.23. The molecule has 2 aromatic heterocycles. The number of nitrogens with one attached hydrogen (secondary N) is 2. The minimum absolute atomic E-state index is 0.225. The summed E-state index contributed by atoms with van der Waals surface area (Å²) in [4.78, 5) is 12.3. The van der Waals surface area contributed by atoms with E-state index in [0.29, 0.717) is 18.3 Å². The van der Waals surface area contributed by atoms with Crippen molar-refractivity contribution in [2.45, 2.75) is 64.2 Å². The first-order valence-electron chi connectivity index (χ1n) is 9.12. The first kappa shape index (κ1) is 16.2. The lowest BCUT2D eigenvalue weighted by atomic mass is 10.0. The molecule has 0 aliphatic carbocycles. The van der Waals surface area contributed by atoms with Crippen molar-refractivity contribution in [1.29, 1.82) is 0 Å². The van der Waals surface area contributed by atoms with Crippen molar-refractivity contribution >= 4 is 5.91 Å². The Morgan fingerprint density at radius 1 is 1.28 bits per heavy atom. The molecule has 1 atom stereocenters. The van der Waals surface area contributed by atoms with Gasteiger partial charge in [-0.1, -0.05) is 11.6 Å². The smallest absolute Gasteiger partial charge is 0.273 e. The van der Waals surface area contributed by atoms with Crippen molar-refractivity contribution in [2.24, 2.45) is 0 Å². The number of carbonyl (C=O) groups is 1. The maximum absolute atomic E-state index is 12.3. The van der Waals surface area contributed by atoms with Crippen LogP contribution in [0, 0.1) is 0 Å². The van der Waals surface area contributed by atoms with E-state index in [1.807, 2.05) is 0 Å². The number of hydrogen-bond acceptors (Lipinski definition) is 6. The molecule has 1 fully saturated rings. The average Bonchev–Trinajstić information content (AvgIpc) is 3.36. The average molecular weight is 344 g/mol. The molecule has 0 bridgehead atoms. The Labute approximate surface area is 146 Å². The monoisotopic (exact) mass is 344 g/mol. The van der Waals surface area contributed by atoms with Gasteiger partial charge in [-0.25, -0.2) is 0 Å². The van der Waals surface area contributed by atoms with Gasteiger partial charge >= 0.3 is 0 Å². The van der Waals surface area contributed by atoms with E-state index in [4.69, 9.17) is 0 Å². The fourth-order valence-electron chi connectivity index (χ4n) is 3.56. The first-order chi connectivity index (χ1) is 12.3. The van der Waals surface area contributed by atoms with Crippen LogP contribution in [0.25, 0.3) is 0 Å². The number of aromatic nitrogens is 6. The highest BCUT2D eigenvalue weighted by molar-refractivity contribution is 5.91. The zero-order chi connectivity index (χ0) is 17.1. The van der Waals surface area contributed by atoms with Crippen LogP contribution < -0.4 is 10.6 Å². The molecule has 134 valence electrons. The molecule has 0 aromatic carbocycles. The fraction of sp³-hybridized carbons (Fsp3) is 0.688. The number of fused-ring (bicyclic) bond motifs is 1. The Balaban J connectivity index is 1.28. The normalized spacial score (nSPS) is 19.8. The number of aryl methyl sites for hydroxylation is 2. The summed E-state index contributed by atoms with van der Waals surface area (Å²) in [5.74, 6) is 1.58. The second-order valence-corrected chi connectivity index (χ2v) is 6.77. The molecule has 2 aliphatic rings. The molecule has 0 spiro atoms. The summed E-state index contributed by atoms with van der Waals surface area (Å²) in [6.07, 6.45) is 8.54. The third-order valence-corrected chi connectivity index (χ3v) is 4.98. The number of hydrogen-bond donors (Lipinski definition) is 2. The van der Waals surface area contributed by atoms with Gasteiger partial charge in [-0.15, -0.1) is 15.3 Å². The maximum Gasteiger partial charge on any atom is 0.273 e. The zero-order valence-electron chi connectivity index (χ0n) is 14.3. The van der Waals surface area contributed by atoms with Crippen LogP contribution in [0.3, 0.4) is 0 Å². The third-order valence-electron chi connectivity index (χ3n) is 4.98. The topological polar surface area (TPSA) is 103 Å². The number of rotatable bonds is 6. The Hall–Kier alpha value is -2.29. The maximum atomic E-state index is 12.3. The first-order valence-corrected chi connectivity index (χ1v) is 9.12. The van der Waals surface area contributed by atoms with Gasteiger partial charge in [0.1, 0.15) is 5.82 Å². The van der Waals surface area contributed by atoms with Gasteiger partial charge in [0.25, 0.3) is 5.91 Å². The van der Waals surface area contributed by atoms with E-state index in [9.17, 15) is 4.79 Å². The molecule has 1 saturated heterocycles. The number of amides is 1. The van der Waals surface area contributed by atoms with Gasteiger partial charge in [-0.2, -0.15) is 0 Å². The van der Waals surface area contributed by atoms with Crippen molar-refractivity contribution < 1.29 is 4.79 Å². The van der Waals surface area contributed by atoms with Crippen molar-refractivity contribution in [3.05, 3.63) is 23.5 Å². The largest absolute Gasteiger partial charge is 0.343 e.